The molecule has 0 fully saturated rings. The van der Waals surface area contributed by atoms with Gasteiger partial charge in [-0.2, -0.15) is 5.10 Å². The third kappa shape index (κ3) is 1.42. The Morgan fingerprint density at radius 3 is 2.75 bits per heavy atom. The maximum atomic E-state index is 11.1. The molecular weight excluding hydrogens is 147 g/mol. The minimum Gasteiger partial charge on any atom is -0.267 e. The molecule has 0 bridgehead atoms. The van der Waals surface area contributed by atoms with Crippen LogP contribution in [0.1, 0.15) is 0 Å². The molecule has 2 aromatic rings. The average molecular weight is 153 g/mol. The summed E-state index contributed by atoms with van der Waals surface area (Å²) in [5.41, 5.74) is -0.136. The van der Waals surface area contributed by atoms with Crippen LogP contribution >= 0.6 is 0 Å². The Hall–Kier alpha value is -1.04. The summed E-state index contributed by atoms with van der Waals surface area (Å²) in [5.74, 6) is 0. The van der Waals surface area contributed by atoms with Crippen molar-refractivity contribution in [3.8, 4) is 0 Å². The van der Waals surface area contributed by atoms with Crippen LogP contribution in [0.25, 0.3) is 10.8 Å². The molecule has 1 aromatic heterocycles. The van der Waals surface area contributed by atoms with Crippen molar-refractivity contribution in [1.29, 1.82) is 0 Å². The number of H-pyrrole nitrogens is 1. The number of aromatic nitrogens is 2. The van der Waals surface area contributed by atoms with Gasteiger partial charge in [-0.25, -0.2) is 5.10 Å². The average Bonchev–Trinajstić information content (AvgIpc) is 2.06. The Bertz CT molecular complexity index is 433. The van der Waals surface area contributed by atoms with Crippen LogP contribution in [0.3, 0.4) is 0 Å². The smallest absolute Gasteiger partial charge is 0.267 e. The van der Waals surface area contributed by atoms with E-state index in [0.29, 0.717) is 5.39 Å². The summed E-state index contributed by atoms with van der Waals surface area (Å²) < 4.78 is 0. The third-order valence-corrected chi connectivity index (χ3v) is 1.58. The van der Waals surface area contributed by atoms with E-state index in [2.05, 4.69) is 10.2 Å². The summed E-state index contributed by atoms with van der Waals surface area (Å²) >= 11 is 0. The molecule has 1 heterocycles. The summed E-state index contributed by atoms with van der Waals surface area (Å²) in [6, 6.07) is 7.34. The van der Waals surface area contributed by atoms with Gasteiger partial charge in [0, 0.05) is 29.6 Å². The van der Waals surface area contributed by atoms with Gasteiger partial charge in [-0.1, -0.05) is 18.2 Å². The second kappa shape index (κ2) is 3.57. The first kappa shape index (κ1) is 9.05. The van der Waals surface area contributed by atoms with E-state index in [-0.39, 0.29) is 24.4 Å². The SMILES string of the molecule is O=c1[nH]ncc2ccccc12.[Li]. The first-order valence-electron chi connectivity index (χ1n) is 3.30. The van der Waals surface area contributed by atoms with Gasteiger partial charge in [-0.05, 0) is 6.07 Å². The first-order valence-corrected chi connectivity index (χ1v) is 3.30. The second-order valence-corrected chi connectivity index (χ2v) is 2.29. The number of fused-ring (bicyclic) bond motifs is 1. The molecule has 1 aromatic carbocycles. The summed E-state index contributed by atoms with van der Waals surface area (Å²) in [6.45, 7) is 0. The molecule has 0 aliphatic carbocycles. The van der Waals surface area contributed by atoms with Crippen LogP contribution in [0.5, 0.6) is 0 Å². The normalized spacial score (nSPS) is 9.33. The summed E-state index contributed by atoms with van der Waals surface area (Å²) in [6.07, 6.45) is 1.64. The first-order chi connectivity index (χ1) is 5.38. The van der Waals surface area contributed by atoms with Gasteiger partial charge in [-0.15, -0.1) is 0 Å². The molecule has 0 saturated heterocycles. The van der Waals surface area contributed by atoms with Crippen molar-refractivity contribution in [3.63, 3.8) is 0 Å². The van der Waals surface area contributed by atoms with Gasteiger partial charge in [-0.3, -0.25) is 4.79 Å². The van der Waals surface area contributed by atoms with Crippen LogP contribution < -0.4 is 5.56 Å². The van der Waals surface area contributed by atoms with E-state index in [0.717, 1.165) is 5.39 Å². The quantitative estimate of drug-likeness (QED) is 0.561. The largest absolute Gasteiger partial charge is 0.272 e. The molecule has 1 radical (unpaired) electrons. The van der Waals surface area contributed by atoms with Crippen LogP contribution in [0.15, 0.2) is 35.3 Å². The summed E-state index contributed by atoms with van der Waals surface area (Å²) in [5, 5.41) is 7.60. The van der Waals surface area contributed by atoms with Crippen LogP contribution in [0, 0.1) is 0 Å². The van der Waals surface area contributed by atoms with Crippen molar-refractivity contribution in [2.24, 2.45) is 0 Å². The monoisotopic (exact) mass is 153 g/mol. The van der Waals surface area contributed by atoms with E-state index in [1.54, 1.807) is 12.3 Å². The maximum Gasteiger partial charge on any atom is 0.272 e. The van der Waals surface area contributed by atoms with E-state index in [1.165, 1.54) is 0 Å². The van der Waals surface area contributed by atoms with Gasteiger partial charge < -0.3 is 0 Å². The van der Waals surface area contributed by atoms with E-state index in [9.17, 15) is 4.79 Å². The minimum absolute atomic E-state index is 0. The Balaban J connectivity index is 0.000000720. The topological polar surface area (TPSA) is 45.8 Å². The van der Waals surface area contributed by atoms with Gasteiger partial charge in [0.05, 0.1) is 6.20 Å². The molecule has 55 valence electrons. The number of hydrogen-bond acceptors (Lipinski definition) is 2. The molecule has 0 aliphatic heterocycles. The van der Waals surface area contributed by atoms with Crippen molar-refractivity contribution in [2.75, 3.05) is 0 Å². The molecule has 12 heavy (non-hydrogen) atoms. The van der Waals surface area contributed by atoms with E-state index >= 15 is 0 Å². The fourth-order valence-corrected chi connectivity index (χ4v) is 1.04. The number of benzene rings is 1. The Labute approximate surface area is 81.0 Å². The molecule has 0 unspecified atom stereocenters. The molecule has 1 N–H and O–H groups in total. The molecule has 0 saturated carbocycles. The Kier molecular flexibility index (Phi) is 2.69. The number of nitrogens with zero attached hydrogens (tertiary/aromatic N) is 1. The zero-order chi connectivity index (χ0) is 7.68. The van der Waals surface area contributed by atoms with Crippen LogP contribution in [0.4, 0.5) is 0 Å². The zero-order valence-electron chi connectivity index (χ0n) is 6.74. The van der Waals surface area contributed by atoms with Crippen molar-refractivity contribution < 1.29 is 0 Å². The van der Waals surface area contributed by atoms with E-state index < -0.39 is 0 Å². The summed E-state index contributed by atoms with van der Waals surface area (Å²) in [4.78, 5) is 11.1. The van der Waals surface area contributed by atoms with Gasteiger partial charge in [0.2, 0.25) is 0 Å². The third-order valence-electron chi connectivity index (χ3n) is 1.58. The number of hydrogen-bond donors (Lipinski definition) is 1. The molecular formula is C8H6LiN2O. The van der Waals surface area contributed by atoms with E-state index in [1.807, 2.05) is 18.2 Å². The van der Waals surface area contributed by atoms with Crippen LogP contribution in [0.2, 0.25) is 0 Å². The Morgan fingerprint density at radius 1 is 1.25 bits per heavy atom. The molecule has 4 heteroatoms. The van der Waals surface area contributed by atoms with Crippen molar-refractivity contribution in [1.82, 2.24) is 10.2 Å². The predicted molar refractivity (Wildman–Crippen MR) is 48.1 cm³/mol. The van der Waals surface area contributed by atoms with Crippen molar-refractivity contribution in [3.05, 3.63) is 40.8 Å². The van der Waals surface area contributed by atoms with Gasteiger partial charge in [0.25, 0.3) is 5.56 Å². The maximum absolute atomic E-state index is 11.1. The molecule has 2 rings (SSSR count). The van der Waals surface area contributed by atoms with Gasteiger partial charge >= 0.3 is 0 Å². The molecule has 0 atom stereocenters. The number of rotatable bonds is 0. The molecule has 0 spiro atoms. The minimum atomic E-state index is -0.136. The fraction of sp³-hybridized carbons (Fsp3) is 0. The van der Waals surface area contributed by atoms with Crippen molar-refractivity contribution in [2.45, 2.75) is 0 Å². The molecule has 0 aliphatic rings. The zero-order valence-corrected chi connectivity index (χ0v) is 6.74. The molecule has 0 amide bonds. The van der Waals surface area contributed by atoms with E-state index in [4.69, 9.17) is 0 Å². The second-order valence-electron chi connectivity index (χ2n) is 2.29. The Morgan fingerprint density at radius 2 is 2.00 bits per heavy atom. The summed E-state index contributed by atoms with van der Waals surface area (Å²) in [7, 11) is 0. The standard InChI is InChI=1S/C8H6N2O.Li/c11-8-7-4-2-1-3-6(7)5-9-10-8;/h1-5H,(H,10,11);. The number of aromatic amines is 1. The fourth-order valence-electron chi connectivity index (χ4n) is 1.04. The van der Waals surface area contributed by atoms with Crippen molar-refractivity contribution >= 4 is 29.6 Å². The number of nitrogens with one attached hydrogen (secondary N) is 1. The van der Waals surface area contributed by atoms with Gasteiger partial charge in [0.1, 0.15) is 0 Å². The predicted octanol–water partition coefficient (Wildman–Crippen LogP) is 0.542. The van der Waals surface area contributed by atoms with Crippen LogP contribution in [-0.2, 0) is 0 Å². The van der Waals surface area contributed by atoms with Gasteiger partial charge in [0.15, 0.2) is 0 Å². The molecule has 3 nitrogen and oxygen atoms in total. The van der Waals surface area contributed by atoms with Crippen LogP contribution in [-0.4, -0.2) is 29.1 Å².